The van der Waals surface area contributed by atoms with E-state index >= 15 is 0 Å². The number of hydrogen-bond acceptors (Lipinski definition) is 9. The molecule has 0 bridgehead atoms. The summed E-state index contributed by atoms with van der Waals surface area (Å²) in [7, 11) is 0. The maximum atomic E-state index is 12.3. The van der Waals surface area contributed by atoms with Crippen LogP contribution in [-0.2, 0) is 9.59 Å². The summed E-state index contributed by atoms with van der Waals surface area (Å²) in [6.07, 6.45) is 0.734. The van der Waals surface area contributed by atoms with Gasteiger partial charge in [-0.2, -0.15) is 5.10 Å². The number of carboxylic acid groups (broad SMARTS) is 1. The number of nitrogens with zero attached hydrogens (tertiary/aromatic N) is 4. The second-order valence-electron chi connectivity index (χ2n) is 6.06. The van der Waals surface area contributed by atoms with Crippen LogP contribution in [0.2, 0.25) is 0 Å². The van der Waals surface area contributed by atoms with Crippen molar-refractivity contribution in [3.8, 4) is 0 Å². The number of carboxylic acids is 1. The van der Waals surface area contributed by atoms with Crippen molar-refractivity contribution in [3.05, 3.63) is 22.9 Å². The Morgan fingerprint density at radius 1 is 1.50 bits per heavy atom. The number of carbonyl (C=O) groups is 2. The van der Waals surface area contributed by atoms with E-state index in [1.807, 2.05) is 6.92 Å². The molecule has 1 amide bonds. The van der Waals surface area contributed by atoms with E-state index in [0.29, 0.717) is 14.9 Å². The first kappa shape index (κ1) is 19.7. The molecule has 0 radical (unpaired) electrons. The molecule has 0 aliphatic carbocycles. The Kier molecular flexibility index (Phi) is 5.44. The molecule has 8 nitrogen and oxygen atoms in total. The minimum absolute atomic E-state index is 0. The van der Waals surface area contributed by atoms with Gasteiger partial charge < -0.3 is 19.9 Å². The van der Waals surface area contributed by atoms with E-state index in [1.165, 1.54) is 28.0 Å². The first-order valence-electron chi connectivity index (χ1n) is 7.63. The minimum atomic E-state index is -1.39. The third-order valence-electron chi connectivity index (χ3n) is 4.56. The van der Waals surface area contributed by atoms with Gasteiger partial charge in [-0.3, -0.25) is 4.79 Å². The fraction of sp³-hybridized carbons (Fsp3) is 0.400. The molecule has 2 aromatic rings. The van der Waals surface area contributed by atoms with Crippen LogP contribution in [0.4, 0.5) is 0 Å². The van der Waals surface area contributed by atoms with Gasteiger partial charge >= 0.3 is 29.6 Å². The van der Waals surface area contributed by atoms with Crippen LogP contribution in [-0.4, -0.2) is 49.2 Å². The van der Waals surface area contributed by atoms with E-state index in [0.717, 1.165) is 4.70 Å². The standard InChI is InChI=1S/C15H14N4O4S2.Na/c1-5-9-8(6(2)20)13(21)19(9)10(14(22)23)11(5)25-15-17-12-7(24-15)3-4-16-18-12;/h3-6,8-9,20H,1-2H3,(H,22,23);/q;+1/p-1. The van der Waals surface area contributed by atoms with Crippen molar-refractivity contribution in [2.75, 3.05) is 0 Å². The third kappa shape index (κ3) is 2.88. The summed E-state index contributed by atoms with van der Waals surface area (Å²) in [5.41, 5.74) is 0.382. The largest absolute Gasteiger partial charge is 1.00 e. The van der Waals surface area contributed by atoms with Crippen LogP contribution >= 0.6 is 23.1 Å². The fourth-order valence-electron chi connectivity index (χ4n) is 3.46. The first-order valence-corrected chi connectivity index (χ1v) is 9.26. The number of thiazole rings is 1. The van der Waals surface area contributed by atoms with E-state index in [4.69, 9.17) is 0 Å². The number of thioether (sulfide) groups is 1. The normalized spacial score (nSPS) is 25.7. The molecule has 0 spiro atoms. The molecular weight excluding hydrogens is 387 g/mol. The quantitative estimate of drug-likeness (QED) is 0.426. The van der Waals surface area contributed by atoms with Crippen LogP contribution in [0.5, 0.6) is 0 Å². The predicted octanol–water partition coefficient (Wildman–Crippen LogP) is -3.00. The molecule has 2 aromatic heterocycles. The number of hydrogen-bond donors (Lipinski definition) is 1. The SMILES string of the molecule is CC(O)C1C(=O)N2C(C(=O)[O-])=C(Sc3nc4nnccc4s3)C(C)C12.[Na+]. The molecule has 130 valence electrons. The molecule has 4 rings (SSSR count). The summed E-state index contributed by atoms with van der Waals surface area (Å²) in [6, 6.07) is 1.42. The van der Waals surface area contributed by atoms with E-state index in [2.05, 4.69) is 15.2 Å². The monoisotopic (exact) mass is 400 g/mol. The van der Waals surface area contributed by atoms with Crippen molar-refractivity contribution >= 4 is 45.3 Å². The summed E-state index contributed by atoms with van der Waals surface area (Å²) in [6.45, 7) is 3.40. The van der Waals surface area contributed by atoms with E-state index < -0.39 is 18.0 Å². The summed E-state index contributed by atoms with van der Waals surface area (Å²) in [5, 5.41) is 29.2. The zero-order valence-corrected chi connectivity index (χ0v) is 17.9. The number of amides is 1. The van der Waals surface area contributed by atoms with Gasteiger partial charge in [0.15, 0.2) is 9.99 Å². The van der Waals surface area contributed by atoms with Crippen LogP contribution in [0.1, 0.15) is 13.8 Å². The minimum Gasteiger partial charge on any atom is -0.543 e. The smallest absolute Gasteiger partial charge is 0.543 e. The zero-order chi connectivity index (χ0) is 17.9. The Bertz CT molecular complexity index is 898. The van der Waals surface area contributed by atoms with Crippen molar-refractivity contribution < 1.29 is 49.4 Å². The molecule has 1 fully saturated rings. The summed E-state index contributed by atoms with van der Waals surface area (Å²) < 4.78 is 1.47. The maximum absolute atomic E-state index is 12.3. The first-order chi connectivity index (χ1) is 11.9. The van der Waals surface area contributed by atoms with Gasteiger partial charge in [0.2, 0.25) is 5.91 Å². The molecule has 11 heteroatoms. The fourth-order valence-corrected chi connectivity index (χ4v) is 5.71. The van der Waals surface area contributed by atoms with Gasteiger partial charge in [0, 0.05) is 10.8 Å². The third-order valence-corrected chi connectivity index (χ3v) is 6.91. The van der Waals surface area contributed by atoms with Crippen LogP contribution in [0.15, 0.2) is 27.2 Å². The Labute approximate surface area is 179 Å². The van der Waals surface area contributed by atoms with Crippen molar-refractivity contribution in [1.82, 2.24) is 20.1 Å². The number of carbonyl (C=O) groups excluding carboxylic acids is 2. The molecule has 26 heavy (non-hydrogen) atoms. The average molecular weight is 400 g/mol. The van der Waals surface area contributed by atoms with Crippen LogP contribution < -0.4 is 34.7 Å². The molecule has 0 aromatic carbocycles. The number of fused-ring (bicyclic) bond motifs is 2. The predicted molar refractivity (Wildman–Crippen MR) is 88.1 cm³/mol. The maximum Gasteiger partial charge on any atom is 1.00 e. The summed E-state index contributed by atoms with van der Waals surface area (Å²) in [4.78, 5) is 30.1. The topological polar surface area (TPSA) is 119 Å². The van der Waals surface area contributed by atoms with E-state index in [1.54, 1.807) is 19.2 Å². The Hall–Kier alpha value is -1.04. The molecule has 2 aliphatic rings. The number of aliphatic carboxylic acids is 1. The van der Waals surface area contributed by atoms with Crippen molar-refractivity contribution in [2.24, 2.45) is 11.8 Å². The van der Waals surface area contributed by atoms with Gasteiger partial charge in [-0.1, -0.05) is 18.7 Å². The Morgan fingerprint density at radius 3 is 2.85 bits per heavy atom. The number of aromatic nitrogens is 3. The summed E-state index contributed by atoms with van der Waals surface area (Å²) in [5.74, 6) is -2.59. The molecule has 1 saturated heterocycles. The van der Waals surface area contributed by atoms with Gasteiger partial charge in [-0.05, 0) is 13.0 Å². The molecule has 4 heterocycles. The van der Waals surface area contributed by atoms with Gasteiger partial charge in [0.25, 0.3) is 0 Å². The van der Waals surface area contributed by atoms with Crippen LogP contribution in [0.25, 0.3) is 10.3 Å². The Morgan fingerprint density at radius 2 is 2.23 bits per heavy atom. The van der Waals surface area contributed by atoms with Gasteiger partial charge in [-0.25, -0.2) is 4.98 Å². The van der Waals surface area contributed by atoms with Gasteiger partial charge in [0.05, 0.1) is 40.6 Å². The number of aliphatic hydroxyl groups is 1. The average Bonchev–Trinajstić information content (AvgIpc) is 3.05. The molecular formula is C15H13N4NaO4S2. The molecule has 4 unspecified atom stereocenters. The molecule has 0 saturated carbocycles. The molecule has 4 atom stereocenters. The zero-order valence-electron chi connectivity index (χ0n) is 14.2. The van der Waals surface area contributed by atoms with E-state index in [-0.39, 0.29) is 53.1 Å². The summed E-state index contributed by atoms with van der Waals surface area (Å²) >= 11 is 2.59. The van der Waals surface area contributed by atoms with Crippen molar-refractivity contribution in [1.29, 1.82) is 0 Å². The second kappa shape index (κ2) is 7.17. The van der Waals surface area contributed by atoms with Gasteiger partial charge in [-0.15, -0.1) is 16.4 Å². The van der Waals surface area contributed by atoms with Crippen LogP contribution in [0, 0.1) is 11.8 Å². The van der Waals surface area contributed by atoms with Gasteiger partial charge in [0.1, 0.15) is 0 Å². The number of rotatable bonds is 4. The van der Waals surface area contributed by atoms with Crippen LogP contribution in [0.3, 0.4) is 0 Å². The number of β-lactam (4-membered cyclic amide) rings is 1. The molecule has 1 N–H and O–H groups in total. The Balaban J connectivity index is 0.00000196. The second-order valence-corrected chi connectivity index (χ2v) is 8.37. The molecule has 2 aliphatic heterocycles. The number of aliphatic hydroxyl groups excluding tert-OH is 1. The van der Waals surface area contributed by atoms with Crippen molar-refractivity contribution in [3.63, 3.8) is 0 Å². The van der Waals surface area contributed by atoms with E-state index in [9.17, 15) is 19.8 Å². The van der Waals surface area contributed by atoms with Crippen molar-refractivity contribution in [2.45, 2.75) is 30.3 Å².